The minimum Gasteiger partial charge on any atom is -0.379 e. The molecule has 17 heavy (non-hydrogen) atoms. The lowest BCUT2D eigenvalue weighted by atomic mass is 10.4. The first kappa shape index (κ1) is 14.6. The highest BCUT2D eigenvalue weighted by atomic mass is 32.1. The summed E-state index contributed by atoms with van der Waals surface area (Å²) in [7, 11) is 0. The number of nitrogens with zero attached hydrogens (tertiary/aromatic N) is 1. The molecule has 0 fully saturated rings. The van der Waals surface area contributed by atoms with Crippen LogP contribution < -0.4 is 5.32 Å². The molecule has 0 saturated heterocycles. The number of rotatable bonds is 9. The second-order valence-electron chi connectivity index (χ2n) is 4.02. The summed E-state index contributed by atoms with van der Waals surface area (Å²) in [6.45, 7) is 9.68. The monoisotopic (exact) mass is 258 g/mol. The Kier molecular flexibility index (Phi) is 7.35. The molecule has 0 radical (unpaired) electrons. The van der Waals surface area contributed by atoms with Gasteiger partial charge in [0.25, 0.3) is 0 Å². The number of ether oxygens (including phenoxy) is 2. The summed E-state index contributed by atoms with van der Waals surface area (Å²) in [6.07, 6.45) is 0. The highest BCUT2D eigenvalue weighted by molar-refractivity contribution is 7.09. The molecule has 0 atom stereocenters. The summed E-state index contributed by atoms with van der Waals surface area (Å²) < 4.78 is 10.6. The van der Waals surface area contributed by atoms with Crippen molar-refractivity contribution in [3.8, 4) is 0 Å². The first-order valence-corrected chi connectivity index (χ1v) is 6.92. The van der Waals surface area contributed by atoms with Gasteiger partial charge in [0.15, 0.2) is 0 Å². The third-order valence-electron chi connectivity index (χ3n) is 2.09. The van der Waals surface area contributed by atoms with Crippen LogP contribution in [0.5, 0.6) is 0 Å². The van der Waals surface area contributed by atoms with Crippen LogP contribution in [-0.2, 0) is 22.6 Å². The van der Waals surface area contributed by atoms with E-state index in [0.29, 0.717) is 25.9 Å². The molecular weight excluding hydrogens is 236 g/mol. The van der Waals surface area contributed by atoms with Gasteiger partial charge < -0.3 is 14.8 Å². The lowest BCUT2D eigenvalue weighted by Crippen LogP contribution is -2.21. The molecule has 0 unspecified atom stereocenters. The summed E-state index contributed by atoms with van der Waals surface area (Å²) in [4.78, 5) is 4.49. The Morgan fingerprint density at radius 2 is 2.12 bits per heavy atom. The molecule has 1 rings (SSSR count). The van der Waals surface area contributed by atoms with E-state index in [1.165, 1.54) is 0 Å². The number of thiazole rings is 1. The van der Waals surface area contributed by atoms with Crippen molar-refractivity contribution in [3.63, 3.8) is 0 Å². The first-order valence-electron chi connectivity index (χ1n) is 6.04. The molecule has 1 heterocycles. The smallest absolute Gasteiger partial charge is 0.107 e. The van der Waals surface area contributed by atoms with Crippen LogP contribution in [0.1, 0.15) is 31.5 Å². The number of hydrogen-bond acceptors (Lipinski definition) is 5. The maximum Gasteiger partial charge on any atom is 0.107 e. The zero-order valence-corrected chi connectivity index (χ0v) is 11.7. The normalized spacial score (nSPS) is 11.3. The van der Waals surface area contributed by atoms with E-state index in [-0.39, 0.29) is 0 Å². The zero-order chi connectivity index (χ0) is 12.5. The highest BCUT2D eigenvalue weighted by Crippen LogP contribution is 2.10. The third-order valence-corrected chi connectivity index (χ3v) is 2.98. The largest absolute Gasteiger partial charge is 0.379 e. The molecule has 0 bridgehead atoms. The number of hydrogen-bond donors (Lipinski definition) is 1. The molecule has 1 N–H and O–H groups in total. The predicted molar refractivity (Wildman–Crippen MR) is 70.2 cm³/mol. The second-order valence-corrected chi connectivity index (χ2v) is 4.96. The summed E-state index contributed by atoms with van der Waals surface area (Å²) in [5.74, 6) is 0. The molecule has 1 aromatic rings. The molecule has 5 heteroatoms. The minimum atomic E-state index is 0.491. The molecule has 0 spiro atoms. The highest BCUT2D eigenvalue weighted by Gasteiger charge is 2.02. The van der Waals surface area contributed by atoms with Crippen molar-refractivity contribution in [2.75, 3.05) is 19.8 Å². The van der Waals surface area contributed by atoms with Crippen LogP contribution in [0.3, 0.4) is 0 Å². The van der Waals surface area contributed by atoms with Gasteiger partial charge in [-0.1, -0.05) is 13.8 Å². The molecular formula is C12H22N2O2S. The van der Waals surface area contributed by atoms with E-state index in [2.05, 4.69) is 29.5 Å². The van der Waals surface area contributed by atoms with Crippen molar-refractivity contribution < 1.29 is 9.47 Å². The molecule has 0 saturated carbocycles. The van der Waals surface area contributed by atoms with E-state index < -0.39 is 0 Å². The fourth-order valence-electron chi connectivity index (χ4n) is 1.23. The van der Waals surface area contributed by atoms with Crippen molar-refractivity contribution in [1.29, 1.82) is 0 Å². The van der Waals surface area contributed by atoms with Crippen LogP contribution >= 0.6 is 11.3 Å². The lowest BCUT2D eigenvalue weighted by Gasteiger charge is -2.04. The molecule has 0 aliphatic rings. The van der Waals surface area contributed by atoms with Crippen LogP contribution in [0.4, 0.5) is 0 Å². The van der Waals surface area contributed by atoms with Gasteiger partial charge in [0, 0.05) is 24.6 Å². The van der Waals surface area contributed by atoms with Gasteiger partial charge >= 0.3 is 0 Å². The van der Waals surface area contributed by atoms with Gasteiger partial charge in [0.2, 0.25) is 0 Å². The fraction of sp³-hybridized carbons (Fsp3) is 0.750. The van der Waals surface area contributed by atoms with Crippen LogP contribution in [0, 0.1) is 0 Å². The van der Waals surface area contributed by atoms with Gasteiger partial charge in [-0.2, -0.15) is 0 Å². The lowest BCUT2D eigenvalue weighted by molar-refractivity contribution is 0.0442. The average Bonchev–Trinajstić information content (AvgIpc) is 2.74. The Morgan fingerprint density at radius 1 is 1.35 bits per heavy atom. The Hall–Kier alpha value is -0.490. The molecule has 4 nitrogen and oxygen atoms in total. The van der Waals surface area contributed by atoms with Crippen molar-refractivity contribution >= 4 is 11.3 Å². The van der Waals surface area contributed by atoms with E-state index in [0.717, 1.165) is 23.9 Å². The van der Waals surface area contributed by atoms with Crippen LogP contribution in [0.15, 0.2) is 5.38 Å². The molecule has 0 aliphatic heterocycles. The summed E-state index contributed by atoms with van der Waals surface area (Å²) in [6, 6.07) is 0.491. The second kappa shape index (κ2) is 8.58. The van der Waals surface area contributed by atoms with Crippen molar-refractivity contribution in [2.45, 2.75) is 40.0 Å². The van der Waals surface area contributed by atoms with Crippen molar-refractivity contribution in [2.24, 2.45) is 0 Å². The molecule has 0 aliphatic carbocycles. The zero-order valence-electron chi connectivity index (χ0n) is 10.9. The SMILES string of the molecule is CCOCCOCc1csc(CNC(C)C)n1. The summed E-state index contributed by atoms with van der Waals surface area (Å²) in [5.41, 5.74) is 1.01. The van der Waals surface area contributed by atoms with Crippen LogP contribution in [0.25, 0.3) is 0 Å². The van der Waals surface area contributed by atoms with Gasteiger partial charge in [0.05, 0.1) is 25.5 Å². The number of nitrogens with one attached hydrogen (secondary N) is 1. The van der Waals surface area contributed by atoms with E-state index in [1.807, 2.05) is 6.92 Å². The topological polar surface area (TPSA) is 43.4 Å². The number of aromatic nitrogens is 1. The van der Waals surface area contributed by atoms with Gasteiger partial charge in [-0.15, -0.1) is 11.3 Å². The van der Waals surface area contributed by atoms with Crippen LogP contribution in [-0.4, -0.2) is 30.8 Å². The standard InChI is InChI=1S/C12H22N2O2S/c1-4-15-5-6-16-8-11-9-17-12(14-11)7-13-10(2)3/h9-10,13H,4-8H2,1-3H3. The minimum absolute atomic E-state index is 0.491. The van der Waals surface area contributed by atoms with Crippen molar-refractivity contribution in [3.05, 3.63) is 16.1 Å². The molecule has 98 valence electrons. The quantitative estimate of drug-likeness (QED) is 0.690. The third kappa shape index (κ3) is 6.73. The molecule has 1 aromatic heterocycles. The Bertz CT molecular complexity index is 302. The van der Waals surface area contributed by atoms with E-state index in [9.17, 15) is 0 Å². The predicted octanol–water partition coefficient (Wildman–Crippen LogP) is 2.19. The molecule has 0 aromatic carbocycles. The van der Waals surface area contributed by atoms with Gasteiger partial charge in [-0.25, -0.2) is 4.98 Å². The van der Waals surface area contributed by atoms with E-state index in [1.54, 1.807) is 11.3 Å². The maximum absolute atomic E-state index is 5.46. The van der Waals surface area contributed by atoms with E-state index >= 15 is 0 Å². The summed E-state index contributed by atoms with van der Waals surface area (Å²) in [5, 5.41) is 6.51. The Labute approximate surface area is 107 Å². The summed E-state index contributed by atoms with van der Waals surface area (Å²) >= 11 is 1.67. The fourth-order valence-corrected chi connectivity index (χ4v) is 1.96. The van der Waals surface area contributed by atoms with Gasteiger partial charge in [0.1, 0.15) is 5.01 Å². The van der Waals surface area contributed by atoms with Crippen molar-refractivity contribution in [1.82, 2.24) is 10.3 Å². The first-order chi connectivity index (χ1) is 8.22. The molecule has 0 amide bonds. The average molecular weight is 258 g/mol. The van der Waals surface area contributed by atoms with Gasteiger partial charge in [-0.05, 0) is 6.92 Å². The maximum atomic E-state index is 5.46. The van der Waals surface area contributed by atoms with Gasteiger partial charge in [-0.3, -0.25) is 0 Å². The van der Waals surface area contributed by atoms with Crippen LogP contribution in [0.2, 0.25) is 0 Å². The van der Waals surface area contributed by atoms with E-state index in [4.69, 9.17) is 9.47 Å². The Morgan fingerprint density at radius 3 is 2.82 bits per heavy atom. The Balaban J connectivity index is 2.17.